The second-order valence-corrected chi connectivity index (χ2v) is 6.39. The van der Waals surface area contributed by atoms with Crippen LogP contribution in [0, 0.1) is 12.3 Å². The summed E-state index contributed by atoms with van der Waals surface area (Å²) in [5.74, 6) is 2.02. The van der Waals surface area contributed by atoms with E-state index in [1.807, 2.05) is 13.0 Å². The molecule has 1 fully saturated rings. The highest BCUT2D eigenvalue weighted by molar-refractivity contribution is 5.13. The Balaban J connectivity index is 2.21. The Labute approximate surface area is 123 Å². The van der Waals surface area contributed by atoms with E-state index in [-0.39, 0.29) is 12.1 Å². The molecule has 1 aromatic rings. The molecule has 2 heterocycles. The van der Waals surface area contributed by atoms with Gasteiger partial charge >= 0.3 is 0 Å². The second kappa shape index (κ2) is 6.31. The summed E-state index contributed by atoms with van der Waals surface area (Å²) in [5, 5.41) is 0. The molecule has 0 radical (unpaired) electrons. The Kier molecular flexibility index (Phi) is 4.92. The Bertz CT molecular complexity index is 422. The largest absolute Gasteiger partial charge is 0.465 e. The molecule has 1 aliphatic heterocycles. The molecule has 1 aromatic heterocycles. The summed E-state index contributed by atoms with van der Waals surface area (Å²) in [5.41, 5.74) is 6.89. The number of hydrogen-bond acceptors (Lipinski definition) is 3. The lowest BCUT2D eigenvalue weighted by Gasteiger charge is -2.33. The number of nitrogens with zero attached hydrogens (tertiary/aromatic N) is 1. The molecule has 3 heteroatoms. The van der Waals surface area contributed by atoms with Crippen LogP contribution >= 0.6 is 0 Å². The van der Waals surface area contributed by atoms with Crippen molar-refractivity contribution in [3.63, 3.8) is 0 Å². The zero-order chi connectivity index (χ0) is 14.8. The standard InChI is InChI=1S/C17H30N2O/c1-5-14(18)16(15-9-8-13(4)20-15)19-11-10-17(6-2,7-3)12-19/h8-9,14,16H,5-7,10-12,18H2,1-4H3. The Morgan fingerprint density at radius 3 is 2.45 bits per heavy atom. The molecule has 20 heavy (non-hydrogen) atoms. The number of furan rings is 1. The number of aryl methyl sites for hydroxylation is 1. The molecule has 0 amide bonds. The van der Waals surface area contributed by atoms with Crippen LogP contribution in [-0.2, 0) is 0 Å². The van der Waals surface area contributed by atoms with E-state index >= 15 is 0 Å². The molecular formula is C17H30N2O. The van der Waals surface area contributed by atoms with Gasteiger partial charge in [-0.2, -0.15) is 0 Å². The van der Waals surface area contributed by atoms with Crippen molar-refractivity contribution in [3.8, 4) is 0 Å². The topological polar surface area (TPSA) is 42.4 Å². The van der Waals surface area contributed by atoms with Gasteiger partial charge in [-0.25, -0.2) is 0 Å². The van der Waals surface area contributed by atoms with E-state index < -0.39 is 0 Å². The fraction of sp³-hybridized carbons (Fsp3) is 0.765. The molecule has 1 saturated heterocycles. The van der Waals surface area contributed by atoms with E-state index in [9.17, 15) is 0 Å². The van der Waals surface area contributed by atoms with E-state index in [2.05, 4.69) is 31.7 Å². The summed E-state index contributed by atoms with van der Waals surface area (Å²) in [4.78, 5) is 2.55. The predicted molar refractivity (Wildman–Crippen MR) is 83.7 cm³/mol. The molecule has 3 nitrogen and oxygen atoms in total. The minimum Gasteiger partial charge on any atom is -0.465 e. The summed E-state index contributed by atoms with van der Waals surface area (Å²) in [6, 6.07) is 4.53. The van der Waals surface area contributed by atoms with Crippen molar-refractivity contribution in [2.24, 2.45) is 11.1 Å². The first-order valence-electron chi connectivity index (χ1n) is 8.11. The highest BCUT2D eigenvalue weighted by Gasteiger charge is 2.40. The summed E-state index contributed by atoms with van der Waals surface area (Å²) < 4.78 is 5.89. The highest BCUT2D eigenvalue weighted by atomic mass is 16.3. The van der Waals surface area contributed by atoms with Crippen LogP contribution in [0.15, 0.2) is 16.5 Å². The Morgan fingerprint density at radius 2 is 2.00 bits per heavy atom. The smallest absolute Gasteiger partial charge is 0.122 e. The predicted octanol–water partition coefficient (Wildman–Crippen LogP) is 3.88. The van der Waals surface area contributed by atoms with Crippen molar-refractivity contribution in [1.82, 2.24) is 4.90 Å². The van der Waals surface area contributed by atoms with E-state index in [4.69, 9.17) is 10.2 Å². The van der Waals surface area contributed by atoms with Gasteiger partial charge in [0.2, 0.25) is 0 Å². The lowest BCUT2D eigenvalue weighted by Crippen LogP contribution is -2.40. The number of rotatable bonds is 6. The van der Waals surface area contributed by atoms with Crippen LogP contribution in [0.2, 0.25) is 0 Å². The van der Waals surface area contributed by atoms with Crippen LogP contribution in [0.25, 0.3) is 0 Å². The first-order valence-corrected chi connectivity index (χ1v) is 8.11. The molecule has 0 spiro atoms. The van der Waals surface area contributed by atoms with E-state index in [1.165, 1.54) is 19.3 Å². The molecular weight excluding hydrogens is 248 g/mol. The summed E-state index contributed by atoms with van der Waals surface area (Å²) in [6.45, 7) is 11.1. The molecule has 2 N–H and O–H groups in total. The van der Waals surface area contributed by atoms with Gasteiger partial charge in [-0.05, 0) is 56.7 Å². The molecule has 114 valence electrons. The molecule has 0 saturated carbocycles. The lowest BCUT2D eigenvalue weighted by molar-refractivity contribution is 0.152. The van der Waals surface area contributed by atoms with E-state index in [0.717, 1.165) is 31.0 Å². The minimum atomic E-state index is 0.144. The molecule has 0 aromatic carbocycles. The third-order valence-corrected chi connectivity index (χ3v) is 5.29. The monoisotopic (exact) mass is 278 g/mol. The fourth-order valence-electron chi connectivity index (χ4n) is 3.53. The van der Waals surface area contributed by atoms with Crippen molar-refractivity contribution < 1.29 is 4.42 Å². The quantitative estimate of drug-likeness (QED) is 0.858. The second-order valence-electron chi connectivity index (χ2n) is 6.39. The molecule has 0 aliphatic carbocycles. The van der Waals surface area contributed by atoms with E-state index in [1.54, 1.807) is 0 Å². The van der Waals surface area contributed by atoms with Gasteiger partial charge in [-0.1, -0.05) is 20.8 Å². The summed E-state index contributed by atoms with van der Waals surface area (Å²) in [6.07, 6.45) is 4.77. The van der Waals surface area contributed by atoms with Crippen LogP contribution < -0.4 is 5.73 Å². The number of hydrogen-bond donors (Lipinski definition) is 1. The maximum absolute atomic E-state index is 6.41. The van der Waals surface area contributed by atoms with Crippen molar-refractivity contribution in [3.05, 3.63) is 23.7 Å². The van der Waals surface area contributed by atoms with Crippen molar-refractivity contribution in [2.75, 3.05) is 13.1 Å². The van der Waals surface area contributed by atoms with Crippen molar-refractivity contribution in [2.45, 2.75) is 65.5 Å². The van der Waals surface area contributed by atoms with Crippen LogP contribution in [0.5, 0.6) is 0 Å². The van der Waals surface area contributed by atoms with Crippen molar-refractivity contribution in [1.29, 1.82) is 0 Å². The van der Waals surface area contributed by atoms with Gasteiger partial charge in [-0.3, -0.25) is 4.90 Å². The zero-order valence-electron chi connectivity index (χ0n) is 13.5. The van der Waals surface area contributed by atoms with Gasteiger partial charge in [0.05, 0.1) is 6.04 Å². The van der Waals surface area contributed by atoms with Crippen LogP contribution in [0.3, 0.4) is 0 Å². The summed E-state index contributed by atoms with van der Waals surface area (Å²) >= 11 is 0. The van der Waals surface area contributed by atoms with Gasteiger partial charge in [0, 0.05) is 12.6 Å². The Morgan fingerprint density at radius 1 is 1.30 bits per heavy atom. The molecule has 2 unspecified atom stereocenters. The van der Waals surface area contributed by atoms with Crippen LogP contribution in [0.4, 0.5) is 0 Å². The molecule has 0 bridgehead atoms. The maximum atomic E-state index is 6.41. The number of likely N-dealkylation sites (tertiary alicyclic amines) is 1. The van der Waals surface area contributed by atoms with Crippen LogP contribution in [-0.4, -0.2) is 24.0 Å². The average Bonchev–Trinajstić information content (AvgIpc) is 3.07. The lowest BCUT2D eigenvalue weighted by atomic mass is 9.82. The molecule has 2 rings (SSSR count). The average molecular weight is 278 g/mol. The SMILES string of the molecule is CCC(N)C(c1ccc(C)o1)N1CCC(CC)(CC)C1. The third kappa shape index (κ3) is 2.94. The fourth-order valence-corrected chi connectivity index (χ4v) is 3.53. The van der Waals surface area contributed by atoms with Gasteiger partial charge in [-0.15, -0.1) is 0 Å². The molecule has 1 aliphatic rings. The maximum Gasteiger partial charge on any atom is 0.122 e. The van der Waals surface area contributed by atoms with E-state index in [0.29, 0.717) is 5.41 Å². The van der Waals surface area contributed by atoms with Gasteiger partial charge < -0.3 is 10.2 Å². The Hall–Kier alpha value is -0.800. The summed E-state index contributed by atoms with van der Waals surface area (Å²) in [7, 11) is 0. The first kappa shape index (κ1) is 15.6. The van der Waals surface area contributed by atoms with Gasteiger partial charge in [0.15, 0.2) is 0 Å². The highest BCUT2D eigenvalue weighted by Crippen LogP contribution is 2.41. The third-order valence-electron chi connectivity index (χ3n) is 5.29. The molecule has 2 atom stereocenters. The number of nitrogens with two attached hydrogens (primary N) is 1. The van der Waals surface area contributed by atoms with Gasteiger partial charge in [0.1, 0.15) is 11.5 Å². The van der Waals surface area contributed by atoms with Crippen molar-refractivity contribution >= 4 is 0 Å². The zero-order valence-corrected chi connectivity index (χ0v) is 13.5. The van der Waals surface area contributed by atoms with Crippen LogP contribution in [0.1, 0.15) is 64.0 Å². The first-order chi connectivity index (χ1) is 9.55. The normalized spacial score (nSPS) is 22.1. The van der Waals surface area contributed by atoms with Gasteiger partial charge in [0.25, 0.3) is 0 Å². The minimum absolute atomic E-state index is 0.144.